The normalized spacial score (nSPS) is 14.2. The van der Waals surface area contributed by atoms with E-state index in [-0.39, 0.29) is 10.8 Å². The van der Waals surface area contributed by atoms with Crippen LogP contribution in [0, 0.1) is 0 Å². The second-order valence-electron chi connectivity index (χ2n) is 26.7. The van der Waals surface area contributed by atoms with E-state index >= 15 is 0 Å². The number of hydrogen-bond donors (Lipinski definition) is 0. The Morgan fingerprint density at radius 3 is 1.09 bits per heavy atom. The van der Waals surface area contributed by atoms with Gasteiger partial charge in [-0.3, -0.25) is 0 Å². The fraction of sp³-hybridized carbons (Fsp3) is 0.133. The quantitative estimate of drug-likeness (QED) is 0.102. The van der Waals surface area contributed by atoms with E-state index in [4.69, 9.17) is 4.74 Å². The van der Waals surface area contributed by atoms with Gasteiger partial charge in [-0.2, -0.15) is 0 Å². The molecule has 0 saturated heterocycles. The van der Waals surface area contributed by atoms with Gasteiger partial charge in [-0.1, -0.05) is 266 Å². The Bertz CT molecular complexity index is 4690. The second kappa shape index (κ2) is 22.9. The molecule has 13 aromatic carbocycles. The predicted octanol–water partition coefficient (Wildman–Crippen LogP) is 24.0. The molecule has 0 saturated carbocycles. The summed E-state index contributed by atoms with van der Waals surface area (Å²) in [6.45, 7) is 14.5. The SMILES string of the molecule is CCC(C)c1ccc(COc2ccc(C3(c4ccccc4)c4cc(N(c5ccc(-c6ccccc6)cc5)c5ccc6c(c5)C(C)(C)c5ccccc5-6)ccc4-c4ccc(N(c5ccc(-c6ccccc6)cc5)c5ccc6c(c5)C(C)(C)c5ccccc5-6)cc43)cc2)cc1. The Morgan fingerprint density at radius 2 is 0.656 bits per heavy atom. The molecule has 3 aliphatic carbocycles. The molecule has 1 unspecified atom stereocenters. The van der Waals surface area contributed by atoms with Gasteiger partial charge in [-0.15, -0.1) is 0 Å². The van der Waals surface area contributed by atoms with Gasteiger partial charge < -0.3 is 14.5 Å². The van der Waals surface area contributed by atoms with Crippen molar-refractivity contribution < 1.29 is 4.74 Å². The van der Waals surface area contributed by atoms with Crippen LogP contribution in [0.2, 0.25) is 0 Å². The molecule has 0 amide bonds. The molecule has 0 N–H and O–H groups in total. The third kappa shape index (κ3) is 9.63. The van der Waals surface area contributed by atoms with Crippen LogP contribution in [0.15, 0.2) is 309 Å². The highest BCUT2D eigenvalue weighted by Crippen LogP contribution is 2.60. The van der Waals surface area contributed by atoms with Crippen molar-refractivity contribution in [2.45, 2.75) is 76.7 Å². The molecule has 0 radical (unpaired) electrons. The fourth-order valence-electron chi connectivity index (χ4n) is 15.6. The maximum absolute atomic E-state index is 6.70. The molecule has 0 bridgehead atoms. The number of hydrogen-bond acceptors (Lipinski definition) is 3. The summed E-state index contributed by atoms with van der Waals surface area (Å²) in [4.78, 5) is 4.97. The van der Waals surface area contributed by atoms with Crippen LogP contribution in [-0.4, -0.2) is 0 Å². The van der Waals surface area contributed by atoms with Gasteiger partial charge in [0.15, 0.2) is 0 Å². The van der Waals surface area contributed by atoms with Gasteiger partial charge in [-0.05, 0) is 209 Å². The van der Waals surface area contributed by atoms with Crippen molar-refractivity contribution in [2.75, 3.05) is 9.80 Å². The van der Waals surface area contributed by atoms with E-state index in [1.165, 1.54) is 100 Å². The maximum atomic E-state index is 6.70. The lowest BCUT2D eigenvalue weighted by Gasteiger charge is -2.36. The Labute approximate surface area is 548 Å². The zero-order valence-corrected chi connectivity index (χ0v) is 53.7. The van der Waals surface area contributed by atoms with Gasteiger partial charge in [0, 0.05) is 45.0 Å². The fourth-order valence-corrected chi connectivity index (χ4v) is 15.6. The van der Waals surface area contributed by atoms with Crippen molar-refractivity contribution in [1.82, 2.24) is 0 Å². The zero-order valence-electron chi connectivity index (χ0n) is 53.7. The first kappa shape index (κ1) is 57.4. The lowest BCUT2D eigenvalue weighted by molar-refractivity contribution is 0.306. The van der Waals surface area contributed by atoms with E-state index in [1.807, 2.05) is 0 Å². The zero-order chi connectivity index (χ0) is 63.0. The van der Waals surface area contributed by atoms with E-state index in [1.54, 1.807) is 0 Å². The Hall–Kier alpha value is -10.7. The van der Waals surface area contributed by atoms with E-state index in [0.29, 0.717) is 12.5 Å². The van der Waals surface area contributed by atoms with Crippen molar-refractivity contribution in [2.24, 2.45) is 0 Å². The summed E-state index contributed by atoms with van der Waals surface area (Å²) in [5.74, 6) is 1.34. The first-order valence-corrected chi connectivity index (χ1v) is 33.0. The van der Waals surface area contributed by atoms with Crippen LogP contribution in [0.4, 0.5) is 34.1 Å². The molecular formula is C90H74N2O. The summed E-state index contributed by atoms with van der Waals surface area (Å²) in [5.41, 5.74) is 30.3. The van der Waals surface area contributed by atoms with Crippen LogP contribution in [0.25, 0.3) is 55.6 Å². The van der Waals surface area contributed by atoms with Crippen molar-refractivity contribution >= 4 is 34.1 Å². The van der Waals surface area contributed by atoms with Gasteiger partial charge in [0.1, 0.15) is 12.4 Å². The topological polar surface area (TPSA) is 15.7 Å². The lowest BCUT2D eigenvalue weighted by Crippen LogP contribution is -2.29. The largest absolute Gasteiger partial charge is 0.489 e. The molecule has 16 rings (SSSR count). The minimum atomic E-state index is -0.808. The highest BCUT2D eigenvalue weighted by atomic mass is 16.5. The van der Waals surface area contributed by atoms with Gasteiger partial charge >= 0.3 is 0 Å². The van der Waals surface area contributed by atoms with Crippen LogP contribution in [0.1, 0.15) is 110 Å². The molecule has 0 spiro atoms. The van der Waals surface area contributed by atoms with Crippen molar-refractivity contribution in [3.8, 4) is 61.4 Å². The van der Waals surface area contributed by atoms with Crippen molar-refractivity contribution in [1.29, 1.82) is 0 Å². The van der Waals surface area contributed by atoms with Crippen LogP contribution in [0.3, 0.4) is 0 Å². The number of nitrogens with zero attached hydrogens (tertiary/aromatic N) is 2. The van der Waals surface area contributed by atoms with Gasteiger partial charge in [-0.25, -0.2) is 0 Å². The number of anilines is 6. The van der Waals surface area contributed by atoms with Gasteiger partial charge in [0.05, 0.1) is 5.41 Å². The monoisotopic (exact) mass is 1200 g/mol. The maximum Gasteiger partial charge on any atom is 0.119 e. The molecule has 93 heavy (non-hydrogen) atoms. The number of benzene rings is 13. The van der Waals surface area contributed by atoms with Crippen LogP contribution >= 0.6 is 0 Å². The summed E-state index contributed by atoms with van der Waals surface area (Å²) >= 11 is 0. The van der Waals surface area contributed by atoms with Gasteiger partial charge in [0.25, 0.3) is 0 Å². The molecule has 13 aromatic rings. The minimum absolute atomic E-state index is 0.197. The molecule has 450 valence electrons. The lowest BCUT2D eigenvalue weighted by atomic mass is 9.67. The Morgan fingerprint density at radius 1 is 0.312 bits per heavy atom. The van der Waals surface area contributed by atoms with Crippen molar-refractivity contribution in [3.05, 3.63) is 365 Å². The summed E-state index contributed by atoms with van der Waals surface area (Å²) in [7, 11) is 0. The summed E-state index contributed by atoms with van der Waals surface area (Å²) in [6.07, 6.45) is 1.11. The molecule has 0 aliphatic heterocycles. The number of fused-ring (bicyclic) bond motifs is 9. The number of ether oxygens (including phenoxy) is 1. The first-order valence-electron chi connectivity index (χ1n) is 33.0. The molecule has 0 heterocycles. The van der Waals surface area contributed by atoms with E-state index in [9.17, 15) is 0 Å². The van der Waals surface area contributed by atoms with Gasteiger partial charge in [0.2, 0.25) is 0 Å². The summed E-state index contributed by atoms with van der Waals surface area (Å²) < 4.78 is 6.70. The van der Waals surface area contributed by atoms with E-state index in [0.717, 1.165) is 57.4 Å². The highest BCUT2D eigenvalue weighted by Gasteiger charge is 2.47. The molecular weight excluding hydrogens is 1130 g/mol. The smallest absolute Gasteiger partial charge is 0.119 e. The van der Waals surface area contributed by atoms with Crippen LogP contribution in [-0.2, 0) is 22.9 Å². The average molecular weight is 1200 g/mol. The number of rotatable bonds is 15. The average Bonchev–Trinajstić information content (AvgIpc) is 1.59. The third-order valence-corrected chi connectivity index (χ3v) is 20.8. The standard InChI is InChI=1S/C90H74N2O/c1-7-60(2)62-33-31-61(32-34-62)59-93-75-49-39-68(40-50-75)90(67-25-15-10-16-26-67)86-57-73(91(69-41-35-65(36-42-69)63-21-11-8-12-22-63)71-45-51-78-76-27-17-19-29-82(76)88(3,4)84(78)55-71)47-53-80(86)81-54-48-74(58-87(81)90)92(70-43-37-66(38-44-70)64-23-13-9-14-24-64)72-46-52-79-77-28-18-20-30-83(77)89(5,6)85(79)56-72/h8-58,60H,7,59H2,1-6H3. The Balaban J connectivity index is 0.898. The second-order valence-corrected chi connectivity index (χ2v) is 26.7. The molecule has 0 fully saturated rings. The summed E-state index contributed by atoms with van der Waals surface area (Å²) in [6, 6.07) is 116. The molecule has 3 heteroatoms. The highest BCUT2D eigenvalue weighted by molar-refractivity contribution is 5.94. The van der Waals surface area contributed by atoms with Crippen LogP contribution in [0.5, 0.6) is 5.75 Å². The first-order chi connectivity index (χ1) is 45.5. The van der Waals surface area contributed by atoms with Crippen molar-refractivity contribution in [3.63, 3.8) is 0 Å². The summed E-state index contributed by atoms with van der Waals surface area (Å²) in [5, 5.41) is 0. The molecule has 3 nitrogen and oxygen atoms in total. The van der Waals surface area contributed by atoms with E-state index < -0.39 is 5.41 Å². The minimum Gasteiger partial charge on any atom is -0.489 e. The Kier molecular flexibility index (Phi) is 14.1. The van der Waals surface area contributed by atoms with E-state index in [2.05, 4.69) is 361 Å². The molecule has 1 atom stereocenters. The predicted molar refractivity (Wildman–Crippen MR) is 389 cm³/mol. The third-order valence-electron chi connectivity index (χ3n) is 20.8. The van der Waals surface area contributed by atoms with Crippen LogP contribution < -0.4 is 14.5 Å². The molecule has 3 aliphatic rings. The molecule has 0 aromatic heterocycles.